The van der Waals surface area contributed by atoms with Crippen molar-refractivity contribution >= 4 is 38.8 Å². The number of nitrogens with zero attached hydrogens (tertiary/aromatic N) is 7. The minimum absolute atomic E-state index is 0.0409. The van der Waals surface area contributed by atoms with Crippen molar-refractivity contribution in [2.75, 3.05) is 4.90 Å². The van der Waals surface area contributed by atoms with Crippen molar-refractivity contribution in [3.8, 4) is 40.0 Å². The highest BCUT2D eigenvalue weighted by molar-refractivity contribution is 6.16. The summed E-state index contributed by atoms with van der Waals surface area (Å²) in [6.07, 6.45) is 10.6. The zero-order valence-electron chi connectivity index (χ0n) is 30.2. The van der Waals surface area contributed by atoms with Gasteiger partial charge < -0.3 is 4.90 Å². The smallest absolute Gasteiger partial charge is 0.238 e. The van der Waals surface area contributed by atoms with E-state index in [9.17, 15) is 0 Å². The first-order chi connectivity index (χ1) is 27.8. The van der Waals surface area contributed by atoms with E-state index in [1.807, 2.05) is 73.1 Å². The standard InChI is InChI=1S/C49H33N7/c1-4-14-32(15-5-1)47-52-48(33-16-6-2-7-17-33)54-49(53-47)56-44-27-23-35(42-21-11-13-29-51-42)31-40(44)38-25-24-37-39-30-34(41-20-10-12-28-50-41)22-26-43(39)55(45(37)46(38)56)36-18-8-3-9-19-36/h1-31,39,43H. The summed E-state index contributed by atoms with van der Waals surface area (Å²) in [5, 5.41) is 2.20. The Bertz CT molecular complexity index is 2900. The molecular formula is C49H33N7. The summed E-state index contributed by atoms with van der Waals surface area (Å²) < 4.78 is 2.26. The molecule has 264 valence electrons. The summed E-state index contributed by atoms with van der Waals surface area (Å²) in [6, 6.07) is 54.4. The summed E-state index contributed by atoms with van der Waals surface area (Å²) in [7, 11) is 0. The van der Waals surface area contributed by atoms with Gasteiger partial charge in [-0.2, -0.15) is 9.97 Å². The fourth-order valence-corrected chi connectivity index (χ4v) is 8.36. The number of benzene rings is 5. The lowest BCUT2D eigenvalue weighted by Gasteiger charge is -2.30. The second-order valence-electron chi connectivity index (χ2n) is 14.1. The Hall–Kier alpha value is -7.51. The van der Waals surface area contributed by atoms with Crippen LogP contribution < -0.4 is 4.90 Å². The van der Waals surface area contributed by atoms with E-state index in [0.29, 0.717) is 17.6 Å². The molecule has 0 saturated carbocycles. The number of hydrogen-bond acceptors (Lipinski definition) is 6. The third-order valence-electron chi connectivity index (χ3n) is 10.9. The normalized spacial score (nSPS) is 15.9. The molecule has 0 spiro atoms. The molecule has 1 aliphatic heterocycles. The number of pyridine rings is 2. The third kappa shape index (κ3) is 5.24. The van der Waals surface area contributed by atoms with Crippen LogP contribution in [0.3, 0.4) is 0 Å². The number of allylic oxidation sites excluding steroid dienone is 2. The van der Waals surface area contributed by atoms with Gasteiger partial charge in [-0.05, 0) is 59.7 Å². The molecular weight excluding hydrogens is 687 g/mol. The van der Waals surface area contributed by atoms with Gasteiger partial charge in [-0.15, -0.1) is 0 Å². The summed E-state index contributed by atoms with van der Waals surface area (Å²) in [5.41, 5.74) is 11.4. The highest BCUT2D eigenvalue weighted by Crippen LogP contribution is 2.53. The van der Waals surface area contributed by atoms with Crippen molar-refractivity contribution < 1.29 is 0 Å². The molecule has 5 heterocycles. The van der Waals surface area contributed by atoms with Gasteiger partial charge in [-0.3, -0.25) is 14.5 Å². The molecule has 2 atom stereocenters. The topological polar surface area (TPSA) is 72.6 Å². The molecule has 9 aromatic rings. The van der Waals surface area contributed by atoms with Crippen molar-refractivity contribution in [3.05, 3.63) is 200 Å². The average molecular weight is 720 g/mol. The van der Waals surface area contributed by atoms with E-state index in [2.05, 4.69) is 125 Å². The van der Waals surface area contributed by atoms with Crippen LogP contribution in [0.15, 0.2) is 188 Å². The molecule has 11 rings (SSSR count). The van der Waals surface area contributed by atoms with Gasteiger partial charge in [0.2, 0.25) is 5.95 Å². The largest absolute Gasteiger partial charge is 0.332 e. The number of fused-ring (bicyclic) bond motifs is 7. The minimum Gasteiger partial charge on any atom is -0.332 e. The van der Waals surface area contributed by atoms with Crippen LogP contribution in [0.5, 0.6) is 0 Å². The fourth-order valence-electron chi connectivity index (χ4n) is 8.36. The lowest BCUT2D eigenvalue weighted by Crippen LogP contribution is -2.29. The van der Waals surface area contributed by atoms with Crippen LogP contribution in [0.1, 0.15) is 17.2 Å². The molecule has 0 N–H and O–H groups in total. The molecule has 1 aliphatic carbocycles. The van der Waals surface area contributed by atoms with Crippen LogP contribution in [-0.4, -0.2) is 35.5 Å². The van der Waals surface area contributed by atoms with Crippen molar-refractivity contribution in [1.82, 2.24) is 29.5 Å². The van der Waals surface area contributed by atoms with Crippen LogP contribution >= 0.6 is 0 Å². The first kappa shape index (κ1) is 32.0. The molecule has 0 fully saturated rings. The fraction of sp³-hybridized carbons (Fsp3) is 0.0408. The molecule has 0 amide bonds. The Morgan fingerprint density at radius 2 is 1.16 bits per heavy atom. The third-order valence-corrected chi connectivity index (χ3v) is 10.9. The average Bonchev–Trinajstić information content (AvgIpc) is 3.80. The number of aromatic nitrogens is 6. The second-order valence-corrected chi connectivity index (χ2v) is 14.1. The van der Waals surface area contributed by atoms with E-state index >= 15 is 0 Å². The van der Waals surface area contributed by atoms with Crippen molar-refractivity contribution in [3.63, 3.8) is 0 Å². The Morgan fingerprint density at radius 1 is 0.518 bits per heavy atom. The lowest BCUT2D eigenvalue weighted by molar-refractivity contribution is 0.746. The second kappa shape index (κ2) is 13.1. The number of hydrogen-bond donors (Lipinski definition) is 0. The van der Waals surface area contributed by atoms with Gasteiger partial charge in [0, 0.05) is 51.5 Å². The van der Waals surface area contributed by atoms with Crippen LogP contribution in [0, 0.1) is 0 Å². The van der Waals surface area contributed by atoms with Crippen LogP contribution in [0.25, 0.3) is 67.4 Å². The van der Waals surface area contributed by atoms with E-state index < -0.39 is 0 Å². The van der Waals surface area contributed by atoms with Gasteiger partial charge in [0.1, 0.15) is 0 Å². The van der Waals surface area contributed by atoms with Crippen molar-refractivity contribution in [2.24, 2.45) is 0 Å². The Balaban J connectivity index is 1.24. The quantitative estimate of drug-likeness (QED) is 0.170. The Labute approximate surface area is 323 Å². The number of anilines is 2. The Morgan fingerprint density at radius 3 is 1.82 bits per heavy atom. The van der Waals surface area contributed by atoms with Gasteiger partial charge in [0.25, 0.3) is 0 Å². The molecule has 0 bridgehead atoms. The first-order valence-electron chi connectivity index (χ1n) is 18.8. The van der Waals surface area contributed by atoms with Gasteiger partial charge >= 0.3 is 0 Å². The Kier molecular flexibility index (Phi) is 7.48. The monoisotopic (exact) mass is 719 g/mol. The minimum atomic E-state index is 0.0409. The molecule has 2 aliphatic rings. The lowest BCUT2D eigenvalue weighted by atomic mass is 9.87. The van der Waals surface area contributed by atoms with Gasteiger partial charge in [0.05, 0.1) is 34.2 Å². The number of para-hydroxylation sites is 1. The van der Waals surface area contributed by atoms with Crippen LogP contribution in [-0.2, 0) is 0 Å². The molecule has 0 radical (unpaired) electrons. The number of rotatable bonds is 6. The van der Waals surface area contributed by atoms with Gasteiger partial charge in [-0.25, -0.2) is 4.98 Å². The van der Waals surface area contributed by atoms with E-state index in [-0.39, 0.29) is 12.0 Å². The zero-order valence-corrected chi connectivity index (χ0v) is 30.2. The SMILES string of the molecule is C1=CC2C(C=C1c1ccccn1)c1ccc3c4cc(-c5ccccn5)ccc4n(-c4nc(-c5ccccc5)nc(-c5ccccc5)n4)c3c1N2c1ccccc1. The first-order valence-corrected chi connectivity index (χ1v) is 18.8. The summed E-state index contributed by atoms with van der Waals surface area (Å²) in [4.78, 5) is 27.6. The van der Waals surface area contributed by atoms with Crippen LogP contribution in [0.2, 0.25) is 0 Å². The highest BCUT2D eigenvalue weighted by atomic mass is 15.2. The molecule has 0 saturated heterocycles. The summed E-state index contributed by atoms with van der Waals surface area (Å²) >= 11 is 0. The molecule has 7 heteroatoms. The predicted molar refractivity (Wildman–Crippen MR) is 225 cm³/mol. The summed E-state index contributed by atoms with van der Waals surface area (Å²) in [6.45, 7) is 0. The molecule has 7 nitrogen and oxygen atoms in total. The predicted octanol–water partition coefficient (Wildman–Crippen LogP) is 11.0. The van der Waals surface area contributed by atoms with Crippen LogP contribution in [0.4, 0.5) is 11.4 Å². The van der Waals surface area contributed by atoms with Gasteiger partial charge in [0.15, 0.2) is 11.6 Å². The summed E-state index contributed by atoms with van der Waals surface area (Å²) in [5.74, 6) is 1.85. The van der Waals surface area contributed by atoms with Crippen molar-refractivity contribution in [1.29, 1.82) is 0 Å². The van der Waals surface area contributed by atoms with E-state index in [1.165, 1.54) is 5.56 Å². The van der Waals surface area contributed by atoms with E-state index in [1.54, 1.807) is 0 Å². The molecule has 2 unspecified atom stereocenters. The molecule has 56 heavy (non-hydrogen) atoms. The van der Waals surface area contributed by atoms with E-state index in [4.69, 9.17) is 24.9 Å². The molecule has 5 aromatic carbocycles. The maximum Gasteiger partial charge on any atom is 0.238 e. The zero-order chi connectivity index (χ0) is 37.0. The van der Waals surface area contributed by atoms with E-state index in [0.717, 1.165) is 66.8 Å². The van der Waals surface area contributed by atoms with Crippen molar-refractivity contribution in [2.45, 2.75) is 12.0 Å². The van der Waals surface area contributed by atoms with Gasteiger partial charge in [-0.1, -0.05) is 127 Å². The maximum absolute atomic E-state index is 5.29. The maximum atomic E-state index is 5.29. The molecule has 4 aromatic heterocycles. The highest BCUT2D eigenvalue weighted by Gasteiger charge is 2.41.